The quantitative estimate of drug-likeness (QED) is 0.445. The smallest absolute Gasteiger partial charge is 0.322 e. The van der Waals surface area contributed by atoms with E-state index in [0.717, 1.165) is 0 Å². The third kappa shape index (κ3) is 3.81. The number of hydrogen-bond acceptors (Lipinski definition) is 7. The molecule has 0 saturated carbocycles. The van der Waals surface area contributed by atoms with Crippen LogP contribution >= 0.6 is 0 Å². The van der Waals surface area contributed by atoms with Crippen LogP contribution in [0.2, 0.25) is 0 Å². The Hall–Kier alpha value is -3.17. The van der Waals surface area contributed by atoms with E-state index in [0.29, 0.717) is 11.1 Å². The van der Waals surface area contributed by atoms with Gasteiger partial charge >= 0.3 is 11.9 Å². The summed E-state index contributed by atoms with van der Waals surface area (Å²) in [5.41, 5.74) is -2.98. The van der Waals surface area contributed by atoms with Crippen molar-refractivity contribution in [2.75, 3.05) is 40.4 Å². The standard InChI is InChI=1S/C27H30F2N2O5/c1-5-35-24(33)26-15-30(3)16-27(23(26)32,25(34)36-6-2)22(18-10-8-12-20(29)14-18)31(4)21(26)17-9-7-11-19(28)13-17/h7-14,21-22H,5-6,15-16H2,1-4H3. The van der Waals surface area contributed by atoms with Crippen molar-refractivity contribution < 1.29 is 32.6 Å². The first-order chi connectivity index (χ1) is 17.1. The number of esters is 2. The summed E-state index contributed by atoms with van der Waals surface area (Å²) in [6, 6.07) is 9.33. The molecule has 7 nitrogen and oxygen atoms in total. The molecule has 0 spiro atoms. The van der Waals surface area contributed by atoms with Crippen LogP contribution in [0.5, 0.6) is 0 Å². The molecular weight excluding hydrogens is 470 g/mol. The Labute approximate surface area is 209 Å². The number of rotatable bonds is 6. The van der Waals surface area contributed by atoms with Gasteiger partial charge in [-0.2, -0.15) is 0 Å². The van der Waals surface area contributed by atoms with E-state index in [-0.39, 0.29) is 26.3 Å². The molecule has 36 heavy (non-hydrogen) atoms. The second-order valence-electron chi connectivity index (χ2n) is 9.47. The first kappa shape index (κ1) is 25.9. The van der Waals surface area contributed by atoms with E-state index in [2.05, 4.69) is 0 Å². The van der Waals surface area contributed by atoms with Gasteiger partial charge in [-0.15, -0.1) is 0 Å². The molecule has 2 aliphatic heterocycles. The maximum atomic E-state index is 14.7. The molecule has 0 aromatic heterocycles. The van der Waals surface area contributed by atoms with Crippen molar-refractivity contribution >= 4 is 17.7 Å². The average Bonchev–Trinajstić information content (AvgIpc) is 2.81. The van der Waals surface area contributed by atoms with Crippen LogP contribution in [0, 0.1) is 22.5 Å². The van der Waals surface area contributed by atoms with E-state index in [1.807, 2.05) is 0 Å². The maximum Gasteiger partial charge on any atom is 0.322 e. The molecule has 2 fully saturated rings. The minimum absolute atomic E-state index is 0.0108. The molecule has 4 atom stereocenters. The number of carbonyl (C=O) groups is 3. The molecular formula is C27H30F2N2O5. The molecule has 4 unspecified atom stereocenters. The van der Waals surface area contributed by atoms with Crippen molar-refractivity contribution in [2.45, 2.75) is 25.9 Å². The zero-order chi connectivity index (χ0) is 26.3. The summed E-state index contributed by atoms with van der Waals surface area (Å²) in [7, 11) is 3.36. The molecule has 0 N–H and O–H groups in total. The fraction of sp³-hybridized carbons (Fsp3) is 0.444. The van der Waals surface area contributed by atoms with Crippen LogP contribution in [0.3, 0.4) is 0 Å². The Kier molecular flexibility index (Phi) is 6.99. The number of hydrogen-bond donors (Lipinski definition) is 0. The molecule has 2 aromatic rings. The van der Waals surface area contributed by atoms with Crippen LogP contribution in [0.15, 0.2) is 48.5 Å². The van der Waals surface area contributed by atoms with E-state index >= 15 is 0 Å². The highest BCUT2D eigenvalue weighted by atomic mass is 19.1. The predicted octanol–water partition coefficient (Wildman–Crippen LogP) is 3.31. The van der Waals surface area contributed by atoms with Crippen molar-refractivity contribution in [2.24, 2.45) is 10.8 Å². The van der Waals surface area contributed by atoms with Gasteiger partial charge in [0.1, 0.15) is 11.6 Å². The Morgan fingerprint density at radius 2 is 1.28 bits per heavy atom. The van der Waals surface area contributed by atoms with Gasteiger partial charge in [-0.25, -0.2) is 8.78 Å². The van der Waals surface area contributed by atoms with Crippen LogP contribution in [-0.4, -0.2) is 67.9 Å². The van der Waals surface area contributed by atoms with E-state index in [4.69, 9.17) is 9.47 Å². The number of ether oxygens (including phenoxy) is 2. The Morgan fingerprint density at radius 1 is 0.861 bits per heavy atom. The van der Waals surface area contributed by atoms with Crippen LogP contribution < -0.4 is 0 Å². The number of fused-ring (bicyclic) bond motifs is 2. The lowest BCUT2D eigenvalue weighted by atomic mass is 9.54. The molecule has 2 aliphatic rings. The second kappa shape index (κ2) is 9.71. The number of Topliss-reactive ketones (excluding diaryl/α,β-unsaturated/α-hetero) is 1. The Balaban J connectivity index is 2.08. The maximum absolute atomic E-state index is 14.7. The van der Waals surface area contributed by atoms with Gasteiger partial charge in [-0.05, 0) is 63.3 Å². The number of carbonyl (C=O) groups excluding carboxylic acids is 3. The normalized spacial score (nSPS) is 28.6. The predicted molar refractivity (Wildman–Crippen MR) is 127 cm³/mol. The highest BCUT2D eigenvalue weighted by Gasteiger charge is 2.74. The van der Waals surface area contributed by atoms with Gasteiger partial charge in [0.15, 0.2) is 16.6 Å². The average molecular weight is 501 g/mol. The lowest BCUT2D eigenvalue weighted by Crippen LogP contribution is -2.75. The van der Waals surface area contributed by atoms with E-state index in [1.165, 1.54) is 36.4 Å². The number of piperidine rings is 2. The summed E-state index contributed by atoms with van der Waals surface area (Å²) in [5.74, 6) is -3.34. The zero-order valence-corrected chi connectivity index (χ0v) is 20.8. The van der Waals surface area contributed by atoms with Crippen molar-refractivity contribution in [3.8, 4) is 0 Å². The summed E-state index contributed by atoms with van der Waals surface area (Å²) in [6.07, 6.45) is 0. The summed E-state index contributed by atoms with van der Waals surface area (Å²) < 4.78 is 39.7. The zero-order valence-electron chi connectivity index (χ0n) is 20.8. The third-order valence-corrected chi connectivity index (χ3v) is 7.21. The first-order valence-electron chi connectivity index (χ1n) is 11.9. The molecule has 2 saturated heterocycles. The summed E-state index contributed by atoms with van der Waals surface area (Å²) in [6.45, 7) is 3.18. The van der Waals surface area contributed by atoms with Crippen molar-refractivity contribution in [1.82, 2.24) is 9.80 Å². The molecule has 2 bridgehead atoms. The molecule has 2 heterocycles. The van der Waals surface area contributed by atoms with Gasteiger partial charge in [-0.1, -0.05) is 24.3 Å². The van der Waals surface area contributed by atoms with Gasteiger partial charge in [0.25, 0.3) is 0 Å². The van der Waals surface area contributed by atoms with E-state index in [1.54, 1.807) is 49.9 Å². The first-order valence-corrected chi connectivity index (χ1v) is 11.9. The van der Waals surface area contributed by atoms with Crippen LogP contribution in [0.4, 0.5) is 8.78 Å². The van der Waals surface area contributed by atoms with Gasteiger partial charge < -0.3 is 14.4 Å². The topological polar surface area (TPSA) is 76.1 Å². The Bertz CT molecular complexity index is 1100. The minimum atomic E-state index is -1.86. The van der Waals surface area contributed by atoms with E-state index < -0.39 is 52.3 Å². The third-order valence-electron chi connectivity index (χ3n) is 7.21. The lowest BCUT2D eigenvalue weighted by Gasteiger charge is -2.61. The molecule has 4 rings (SSSR count). The van der Waals surface area contributed by atoms with Crippen molar-refractivity contribution in [3.05, 3.63) is 71.3 Å². The summed E-state index contributed by atoms with van der Waals surface area (Å²) in [4.78, 5) is 45.5. The number of halogens is 2. The minimum Gasteiger partial charge on any atom is -0.465 e. The lowest BCUT2D eigenvalue weighted by molar-refractivity contribution is -0.203. The largest absolute Gasteiger partial charge is 0.465 e. The van der Waals surface area contributed by atoms with Gasteiger partial charge in [-0.3, -0.25) is 19.3 Å². The highest BCUT2D eigenvalue weighted by molar-refractivity contribution is 6.17. The van der Waals surface area contributed by atoms with Crippen molar-refractivity contribution in [1.29, 1.82) is 0 Å². The van der Waals surface area contributed by atoms with Crippen LogP contribution in [0.25, 0.3) is 0 Å². The van der Waals surface area contributed by atoms with E-state index in [9.17, 15) is 23.2 Å². The molecule has 0 radical (unpaired) electrons. The number of benzene rings is 2. The van der Waals surface area contributed by atoms with Crippen LogP contribution in [-0.2, 0) is 23.9 Å². The SMILES string of the molecule is CCOC(=O)C12CN(C)CC(C(=O)OCC)(C1=O)C(c1cccc(F)c1)N(C)C2c1cccc(F)c1. The van der Waals surface area contributed by atoms with Gasteiger partial charge in [0.2, 0.25) is 0 Å². The highest BCUT2D eigenvalue weighted by Crippen LogP contribution is 2.60. The second-order valence-corrected chi connectivity index (χ2v) is 9.47. The summed E-state index contributed by atoms with van der Waals surface area (Å²) in [5, 5.41) is 0. The molecule has 192 valence electrons. The van der Waals surface area contributed by atoms with Gasteiger partial charge in [0, 0.05) is 13.1 Å². The fourth-order valence-corrected chi connectivity index (χ4v) is 6.16. The monoisotopic (exact) mass is 500 g/mol. The van der Waals surface area contributed by atoms with Gasteiger partial charge in [0.05, 0.1) is 25.3 Å². The number of ketones is 1. The molecule has 9 heteroatoms. The number of likely N-dealkylation sites (tertiary alicyclic amines) is 2. The molecule has 2 aromatic carbocycles. The summed E-state index contributed by atoms with van der Waals surface area (Å²) >= 11 is 0. The number of nitrogens with zero attached hydrogens (tertiary/aromatic N) is 2. The van der Waals surface area contributed by atoms with Crippen LogP contribution in [0.1, 0.15) is 37.1 Å². The van der Waals surface area contributed by atoms with Crippen molar-refractivity contribution in [3.63, 3.8) is 0 Å². The Morgan fingerprint density at radius 3 is 1.64 bits per heavy atom. The molecule has 0 amide bonds. The fourth-order valence-electron chi connectivity index (χ4n) is 6.16. The molecule has 0 aliphatic carbocycles.